The Hall–Kier alpha value is -2.42. The zero-order valence-corrected chi connectivity index (χ0v) is 13.2. The first-order valence-corrected chi connectivity index (χ1v) is 7.20. The van der Waals surface area contributed by atoms with Crippen LogP contribution in [0, 0.1) is 6.92 Å². The van der Waals surface area contributed by atoms with E-state index in [1.165, 1.54) is 16.9 Å². The van der Waals surface area contributed by atoms with Gasteiger partial charge in [0.1, 0.15) is 0 Å². The number of pyridine rings is 1. The molecule has 0 aromatic carbocycles. The maximum absolute atomic E-state index is 12.6. The maximum Gasteiger partial charge on any atom is 0.417 e. The zero-order chi connectivity index (χ0) is 17.7. The molecule has 0 aliphatic carbocycles. The molecule has 0 unspecified atom stereocenters. The summed E-state index contributed by atoms with van der Waals surface area (Å²) < 4.78 is 43.9. The van der Waals surface area contributed by atoms with E-state index in [9.17, 15) is 18.0 Å². The van der Waals surface area contributed by atoms with E-state index in [1.807, 2.05) is 0 Å². The lowest BCUT2D eigenvalue weighted by atomic mass is 10.2. The fourth-order valence-electron chi connectivity index (χ4n) is 2.06. The Morgan fingerprint density at radius 1 is 1.33 bits per heavy atom. The summed E-state index contributed by atoms with van der Waals surface area (Å²) in [6.07, 6.45) is -1.67. The van der Waals surface area contributed by atoms with Crippen LogP contribution in [0.15, 0.2) is 24.5 Å². The number of amides is 1. The minimum Gasteiger partial charge on any atom is -0.385 e. The van der Waals surface area contributed by atoms with E-state index in [0.29, 0.717) is 30.8 Å². The number of hydrogen-bond acceptors (Lipinski definition) is 4. The minimum absolute atomic E-state index is 0.207. The number of methoxy groups -OCH3 is 1. The van der Waals surface area contributed by atoms with Gasteiger partial charge in [0.05, 0.1) is 23.0 Å². The molecule has 0 aliphatic rings. The van der Waals surface area contributed by atoms with Gasteiger partial charge in [-0.3, -0.25) is 4.79 Å². The number of halogens is 3. The van der Waals surface area contributed by atoms with Crippen LogP contribution in [0.4, 0.5) is 13.2 Å². The number of nitrogens with one attached hydrogen (secondary N) is 1. The Kier molecular flexibility index (Phi) is 5.55. The maximum atomic E-state index is 12.6. The lowest BCUT2D eigenvalue weighted by molar-refractivity contribution is -0.137. The average Bonchev–Trinajstić information content (AvgIpc) is 2.92. The fourth-order valence-corrected chi connectivity index (χ4v) is 2.06. The predicted molar refractivity (Wildman–Crippen MR) is 79.9 cm³/mol. The van der Waals surface area contributed by atoms with Crippen LogP contribution >= 0.6 is 0 Å². The van der Waals surface area contributed by atoms with E-state index >= 15 is 0 Å². The van der Waals surface area contributed by atoms with Gasteiger partial charge < -0.3 is 10.1 Å². The molecule has 2 heterocycles. The second kappa shape index (κ2) is 7.43. The van der Waals surface area contributed by atoms with Crippen molar-refractivity contribution in [2.24, 2.45) is 0 Å². The monoisotopic (exact) mass is 342 g/mol. The van der Waals surface area contributed by atoms with E-state index < -0.39 is 11.7 Å². The van der Waals surface area contributed by atoms with Crippen molar-refractivity contribution < 1.29 is 22.7 Å². The van der Waals surface area contributed by atoms with Crippen LogP contribution < -0.4 is 5.32 Å². The lowest BCUT2D eigenvalue weighted by Gasteiger charge is -2.08. The van der Waals surface area contributed by atoms with Gasteiger partial charge in [-0.2, -0.15) is 18.3 Å². The molecule has 0 saturated carbocycles. The highest BCUT2D eigenvalue weighted by atomic mass is 19.4. The number of carbonyl (C=O) groups is 1. The van der Waals surface area contributed by atoms with E-state index in [4.69, 9.17) is 4.74 Å². The van der Waals surface area contributed by atoms with E-state index in [0.717, 1.165) is 12.3 Å². The van der Waals surface area contributed by atoms with Crippen LogP contribution in [0.3, 0.4) is 0 Å². The zero-order valence-electron chi connectivity index (χ0n) is 13.2. The van der Waals surface area contributed by atoms with Gasteiger partial charge in [0.2, 0.25) is 0 Å². The summed E-state index contributed by atoms with van der Waals surface area (Å²) in [5.41, 5.74) is -0.00668. The Morgan fingerprint density at radius 3 is 2.67 bits per heavy atom. The number of rotatable bonds is 6. The molecule has 0 spiro atoms. The highest BCUT2D eigenvalue weighted by Crippen LogP contribution is 2.28. The van der Waals surface area contributed by atoms with Crippen LogP contribution in [0.1, 0.15) is 28.0 Å². The first-order valence-electron chi connectivity index (χ1n) is 7.20. The summed E-state index contributed by atoms with van der Waals surface area (Å²) in [5.74, 6) is -0.0966. The van der Waals surface area contributed by atoms with Gasteiger partial charge in [0.15, 0.2) is 5.82 Å². The van der Waals surface area contributed by atoms with Gasteiger partial charge in [0.25, 0.3) is 5.91 Å². The predicted octanol–water partition coefficient (Wildman–Crippen LogP) is 2.36. The standard InChI is InChI=1S/C15H17F3N4O2/c1-10-12(14(23)19-6-3-7-24-2)9-21-22(10)13-5-4-11(8-20-13)15(16,17)18/h4-5,8-9H,3,6-7H2,1-2H3,(H,19,23). The molecular formula is C15H17F3N4O2. The quantitative estimate of drug-likeness (QED) is 0.819. The van der Waals surface area contributed by atoms with Gasteiger partial charge in [-0.25, -0.2) is 9.67 Å². The second-order valence-corrected chi connectivity index (χ2v) is 5.06. The molecule has 2 aromatic heterocycles. The largest absolute Gasteiger partial charge is 0.417 e. The normalized spacial score (nSPS) is 11.5. The van der Waals surface area contributed by atoms with Crippen molar-refractivity contribution >= 4 is 5.91 Å². The molecular weight excluding hydrogens is 325 g/mol. The topological polar surface area (TPSA) is 69.0 Å². The lowest BCUT2D eigenvalue weighted by Crippen LogP contribution is -2.25. The molecule has 2 aromatic rings. The third-order valence-corrected chi connectivity index (χ3v) is 3.36. The smallest absolute Gasteiger partial charge is 0.385 e. The number of hydrogen-bond donors (Lipinski definition) is 1. The van der Waals surface area contributed by atoms with Crippen molar-refractivity contribution in [1.82, 2.24) is 20.1 Å². The van der Waals surface area contributed by atoms with Crippen LogP contribution in [0.25, 0.3) is 5.82 Å². The molecule has 0 atom stereocenters. The van der Waals surface area contributed by atoms with Gasteiger partial charge >= 0.3 is 6.18 Å². The van der Waals surface area contributed by atoms with Gasteiger partial charge in [-0.1, -0.05) is 0 Å². The van der Waals surface area contributed by atoms with Crippen LogP contribution in [-0.2, 0) is 10.9 Å². The summed E-state index contributed by atoms with van der Waals surface area (Å²) in [4.78, 5) is 15.9. The highest BCUT2D eigenvalue weighted by Gasteiger charge is 2.30. The second-order valence-electron chi connectivity index (χ2n) is 5.06. The summed E-state index contributed by atoms with van der Waals surface area (Å²) in [5, 5.41) is 6.76. The van der Waals surface area contributed by atoms with Gasteiger partial charge in [-0.05, 0) is 25.5 Å². The Morgan fingerprint density at radius 2 is 2.08 bits per heavy atom. The molecule has 130 valence electrons. The SMILES string of the molecule is COCCCNC(=O)c1cnn(-c2ccc(C(F)(F)F)cn2)c1C. The Labute approximate surface area is 136 Å². The molecule has 0 fully saturated rings. The third-order valence-electron chi connectivity index (χ3n) is 3.36. The minimum atomic E-state index is -4.45. The van der Waals surface area contributed by atoms with Crippen molar-refractivity contribution in [3.63, 3.8) is 0 Å². The van der Waals surface area contributed by atoms with Crippen molar-refractivity contribution in [2.75, 3.05) is 20.3 Å². The van der Waals surface area contributed by atoms with Crippen molar-refractivity contribution in [3.05, 3.63) is 41.3 Å². The first-order chi connectivity index (χ1) is 11.3. The number of nitrogens with zero attached hydrogens (tertiary/aromatic N) is 3. The van der Waals surface area contributed by atoms with Crippen LogP contribution in [0.5, 0.6) is 0 Å². The van der Waals surface area contributed by atoms with Crippen molar-refractivity contribution in [3.8, 4) is 5.82 Å². The molecule has 0 radical (unpaired) electrons. The van der Waals surface area contributed by atoms with Gasteiger partial charge in [-0.15, -0.1) is 0 Å². The fraction of sp³-hybridized carbons (Fsp3) is 0.400. The number of alkyl halides is 3. The molecule has 24 heavy (non-hydrogen) atoms. The summed E-state index contributed by atoms with van der Waals surface area (Å²) in [6, 6.07) is 2.14. The Balaban J connectivity index is 2.13. The van der Waals surface area contributed by atoms with E-state index in [1.54, 1.807) is 14.0 Å². The summed E-state index contributed by atoms with van der Waals surface area (Å²) >= 11 is 0. The summed E-state index contributed by atoms with van der Waals surface area (Å²) in [7, 11) is 1.58. The highest BCUT2D eigenvalue weighted by molar-refractivity contribution is 5.95. The van der Waals surface area contributed by atoms with E-state index in [2.05, 4.69) is 15.4 Å². The number of carbonyl (C=O) groups excluding carboxylic acids is 1. The molecule has 6 nitrogen and oxygen atoms in total. The molecule has 9 heteroatoms. The molecule has 0 aliphatic heterocycles. The first kappa shape index (κ1) is 17.9. The third kappa shape index (κ3) is 4.10. The Bertz CT molecular complexity index is 696. The summed E-state index contributed by atoms with van der Waals surface area (Å²) in [6.45, 7) is 2.64. The average molecular weight is 342 g/mol. The van der Waals surface area contributed by atoms with Crippen molar-refractivity contribution in [2.45, 2.75) is 19.5 Å². The number of ether oxygens (including phenoxy) is 1. The molecule has 1 amide bonds. The van der Waals surface area contributed by atoms with Crippen LogP contribution in [-0.4, -0.2) is 40.9 Å². The van der Waals surface area contributed by atoms with Gasteiger partial charge in [0, 0.05) is 26.5 Å². The van der Waals surface area contributed by atoms with E-state index in [-0.39, 0.29) is 11.7 Å². The molecule has 2 rings (SSSR count). The molecule has 0 bridgehead atoms. The number of aromatic nitrogens is 3. The molecule has 0 saturated heterocycles. The van der Waals surface area contributed by atoms with Crippen molar-refractivity contribution in [1.29, 1.82) is 0 Å². The molecule has 1 N–H and O–H groups in total. The van der Waals surface area contributed by atoms with Crippen LogP contribution in [0.2, 0.25) is 0 Å².